The minimum Gasteiger partial charge on any atom is -0.461 e. The summed E-state index contributed by atoms with van der Waals surface area (Å²) in [5.41, 5.74) is 9.83. The number of aromatic nitrogens is 4. The second-order valence-corrected chi connectivity index (χ2v) is 7.55. The zero-order chi connectivity index (χ0) is 20.5. The number of hydrogen-bond acceptors (Lipinski definition) is 7. The third-order valence-corrected chi connectivity index (χ3v) is 5.59. The maximum Gasteiger partial charge on any atom is 0.223 e. The SMILES string of the molecule is CCNC1CCN(c2cccc(-c3cc4nc(-c5ccco5)nn4c(N)n3)c2)CC1. The standard InChI is InChI=1S/C22H25N7O/c1-2-24-16-8-10-28(11-9-16)17-6-3-5-15(13-17)18-14-20-26-21(19-7-4-12-30-19)27-29(20)22(23)25-18/h3-7,12-14,16,24H,2,8-11H2,1H3,(H2,23,25). The Kier molecular flexibility index (Phi) is 4.84. The molecule has 1 aliphatic heterocycles. The lowest BCUT2D eigenvalue weighted by Gasteiger charge is -2.34. The lowest BCUT2D eigenvalue weighted by Crippen LogP contribution is -2.42. The number of rotatable bonds is 5. The average molecular weight is 403 g/mol. The normalized spacial score (nSPS) is 15.2. The number of nitrogen functional groups attached to an aromatic ring is 1. The maximum absolute atomic E-state index is 6.19. The topological polar surface area (TPSA) is 97.5 Å². The summed E-state index contributed by atoms with van der Waals surface area (Å²) in [6, 6.07) is 14.6. The fraction of sp³-hybridized carbons (Fsp3) is 0.318. The van der Waals surface area contributed by atoms with Gasteiger partial charge in [0.2, 0.25) is 11.8 Å². The van der Waals surface area contributed by atoms with E-state index in [1.54, 1.807) is 12.3 Å². The number of hydrogen-bond donors (Lipinski definition) is 2. The number of nitrogens with two attached hydrogens (primary N) is 1. The quantitative estimate of drug-likeness (QED) is 0.528. The molecule has 4 aromatic rings. The van der Waals surface area contributed by atoms with Gasteiger partial charge < -0.3 is 20.4 Å². The van der Waals surface area contributed by atoms with Gasteiger partial charge in [0, 0.05) is 36.4 Å². The van der Waals surface area contributed by atoms with E-state index >= 15 is 0 Å². The van der Waals surface area contributed by atoms with Gasteiger partial charge in [0.05, 0.1) is 12.0 Å². The average Bonchev–Trinajstić information content (AvgIpc) is 3.45. The molecule has 0 aliphatic carbocycles. The molecule has 0 radical (unpaired) electrons. The number of nitrogens with one attached hydrogen (secondary N) is 1. The third kappa shape index (κ3) is 3.50. The highest BCUT2D eigenvalue weighted by Crippen LogP contribution is 2.27. The summed E-state index contributed by atoms with van der Waals surface area (Å²) in [5, 5.41) is 7.97. The summed E-state index contributed by atoms with van der Waals surface area (Å²) in [6.45, 7) is 5.29. The number of furan rings is 1. The van der Waals surface area contributed by atoms with Crippen LogP contribution in [0.3, 0.4) is 0 Å². The highest BCUT2D eigenvalue weighted by molar-refractivity contribution is 5.70. The van der Waals surface area contributed by atoms with E-state index in [0.717, 1.165) is 43.7 Å². The maximum atomic E-state index is 6.19. The van der Waals surface area contributed by atoms with Crippen LogP contribution in [0.15, 0.2) is 53.1 Å². The van der Waals surface area contributed by atoms with Gasteiger partial charge in [0.1, 0.15) is 0 Å². The molecule has 3 N–H and O–H groups in total. The van der Waals surface area contributed by atoms with Crippen molar-refractivity contribution in [1.82, 2.24) is 24.9 Å². The van der Waals surface area contributed by atoms with Gasteiger partial charge in [-0.1, -0.05) is 19.1 Å². The molecule has 1 fully saturated rings. The van der Waals surface area contributed by atoms with Crippen LogP contribution in [0.1, 0.15) is 19.8 Å². The number of anilines is 2. The first-order valence-corrected chi connectivity index (χ1v) is 10.4. The summed E-state index contributed by atoms with van der Waals surface area (Å²) in [6.07, 6.45) is 3.91. The van der Waals surface area contributed by atoms with Crippen molar-refractivity contribution in [1.29, 1.82) is 0 Å². The molecule has 1 saturated heterocycles. The van der Waals surface area contributed by atoms with Crippen LogP contribution >= 0.6 is 0 Å². The Bertz CT molecular complexity index is 1140. The molecule has 4 heterocycles. The first-order valence-electron chi connectivity index (χ1n) is 10.4. The molecule has 3 aromatic heterocycles. The van der Waals surface area contributed by atoms with E-state index in [0.29, 0.717) is 29.2 Å². The lowest BCUT2D eigenvalue weighted by atomic mass is 10.0. The molecular formula is C22H25N7O. The van der Waals surface area contributed by atoms with Gasteiger partial charge >= 0.3 is 0 Å². The molecule has 0 atom stereocenters. The zero-order valence-electron chi connectivity index (χ0n) is 17.0. The Morgan fingerprint density at radius 1 is 1.13 bits per heavy atom. The fourth-order valence-electron chi connectivity index (χ4n) is 4.06. The molecule has 0 spiro atoms. The van der Waals surface area contributed by atoms with Gasteiger partial charge in [-0.2, -0.15) is 4.52 Å². The summed E-state index contributed by atoms with van der Waals surface area (Å²) in [4.78, 5) is 11.6. The smallest absolute Gasteiger partial charge is 0.223 e. The van der Waals surface area contributed by atoms with Gasteiger partial charge in [-0.25, -0.2) is 9.97 Å². The van der Waals surface area contributed by atoms with Crippen molar-refractivity contribution in [2.24, 2.45) is 0 Å². The van der Waals surface area contributed by atoms with Crippen molar-refractivity contribution in [3.8, 4) is 22.8 Å². The minimum atomic E-state index is 0.296. The first-order chi connectivity index (χ1) is 14.7. The van der Waals surface area contributed by atoms with Crippen molar-refractivity contribution in [2.75, 3.05) is 30.3 Å². The van der Waals surface area contributed by atoms with E-state index in [9.17, 15) is 0 Å². The minimum absolute atomic E-state index is 0.296. The zero-order valence-corrected chi connectivity index (χ0v) is 17.0. The predicted octanol–water partition coefficient (Wildman–Crippen LogP) is 3.21. The van der Waals surface area contributed by atoms with Crippen LogP contribution in [0.2, 0.25) is 0 Å². The van der Waals surface area contributed by atoms with E-state index in [1.165, 1.54) is 10.2 Å². The fourth-order valence-corrected chi connectivity index (χ4v) is 4.06. The van der Waals surface area contributed by atoms with Crippen LogP contribution in [0.4, 0.5) is 11.6 Å². The lowest BCUT2D eigenvalue weighted by molar-refractivity contribution is 0.424. The molecular weight excluding hydrogens is 378 g/mol. The summed E-state index contributed by atoms with van der Waals surface area (Å²) < 4.78 is 6.94. The molecule has 8 nitrogen and oxygen atoms in total. The summed E-state index contributed by atoms with van der Waals surface area (Å²) in [7, 11) is 0. The first kappa shape index (κ1) is 18.6. The molecule has 1 aromatic carbocycles. The van der Waals surface area contributed by atoms with Crippen LogP contribution in [0.5, 0.6) is 0 Å². The van der Waals surface area contributed by atoms with E-state index in [4.69, 9.17) is 10.2 Å². The monoisotopic (exact) mass is 403 g/mol. The van der Waals surface area contributed by atoms with Crippen molar-refractivity contribution in [3.63, 3.8) is 0 Å². The molecule has 30 heavy (non-hydrogen) atoms. The molecule has 8 heteroatoms. The number of benzene rings is 1. The highest BCUT2D eigenvalue weighted by atomic mass is 16.3. The molecule has 5 rings (SSSR count). The molecule has 1 aliphatic rings. The second kappa shape index (κ2) is 7.79. The van der Waals surface area contributed by atoms with Crippen LogP contribution in [0, 0.1) is 0 Å². The van der Waals surface area contributed by atoms with Crippen molar-refractivity contribution >= 4 is 17.3 Å². The Hall–Kier alpha value is -3.39. The largest absolute Gasteiger partial charge is 0.461 e. The Labute approximate surface area is 174 Å². The van der Waals surface area contributed by atoms with Gasteiger partial charge in [-0.05, 0) is 43.7 Å². The summed E-state index contributed by atoms with van der Waals surface area (Å²) >= 11 is 0. The van der Waals surface area contributed by atoms with Crippen molar-refractivity contribution < 1.29 is 4.42 Å². The van der Waals surface area contributed by atoms with Crippen molar-refractivity contribution in [2.45, 2.75) is 25.8 Å². The molecule has 0 unspecified atom stereocenters. The molecule has 0 saturated carbocycles. The second-order valence-electron chi connectivity index (χ2n) is 7.55. The van der Waals surface area contributed by atoms with E-state index in [-0.39, 0.29) is 0 Å². The Balaban J connectivity index is 1.43. The van der Waals surface area contributed by atoms with Gasteiger partial charge in [0.15, 0.2) is 11.4 Å². The molecule has 0 amide bonds. The Morgan fingerprint density at radius 3 is 2.77 bits per heavy atom. The predicted molar refractivity (Wildman–Crippen MR) is 117 cm³/mol. The van der Waals surface area contributed by atoms with Gasteiger partial charge in [-0.15, -0.1) is 5.10 Å². The van der Waals surface area contributed by atoms with Gasteiger partial charge in [-0.3, -0.25) is 0 Å². The van der Waals surface area contributed by atoms with Crippen LogP contribution in [0.25, 0.3) is 28.5 Å². The summed E-state index contributed by atoms with van der Waals surface area (Å²) in [5.74, 6) is 1.38. The van der Waals surface area contributed by atoms with Gasteiger partial charge in [0.25, 0.3) is 0 Å². The number of nitrogens with zero attached hydrogens (tertiary/aromatic N) is 5. The Morgan fingerprint density at radius 2 is 2.00 bits per heavy atom. The van der Waals surface area contributed by atoms with Crippen molar-refractivity contribution in [3.05, 3.63) is 48.7 Å². The third-order valence-electron chi connectivity index (χ3n) is 5.59. The molecule has 0 bridgehead atoms. The van der Waals surface area contributed by atoms with E-state index in [1.807, 2.05) is 12.1 Å². The van der Waals surface area contributed by atoms with Crippen LogP contribution in [-0.4, -0.2) is 45.3 Å². The van der Waals surface area contributed by atoms with E-state index < -0.39 is 0 Å². The van der Waals surface area contributed by atoms with E-state index in [2.05, 4.69) is 56.5 Å². The number of fused-ring (bicyclic) bond motifs is 1. The van der Waals surface area contributed by atoms with Crippen LogP contribution in [-0.2, 0) is 0 Å². The highest BCUT2D eigenvalue weighted by Gasteiger charge is 2.19. The number of piperidine rings is 1. The van der Waals surface area contributed by atoms with Crippen LogP contribution < -0.4 is 16.0 Å². The molecule has 154 valence electrons.